The number of hydrogen-bond acceptors (Lipinski definition) is 6. The molecule has 1 N–H and O–H groups in total. The van der Waals surface area contributed by atoms with Gasteiger partial charge in [0.15, 0.2) is 0 Å². The van der Waals surface area contributed by atoms with Gasteiger partial charge in [0.1, 0.15) is 11.6 Å². The van der Waals surface area contributed by atoms with E-state index in [-0.39, 0.29) is 11.9 Å². The summed E-state index contributed by atoms with van der Waals surface area (Å²) < 4.78 is 5.63. The number of carbonyl (C=O) groups is 1. The van der Waals surface area contributed by atoms with Crippen LogP contribution in [0.25, 0.3) is 0 Å². The van der Waals surface area contributed by atoms with Gasteiger partial charge in [0, 0.05) is 17.4 Å². The average molecular weight is 361 g/mol. The Labute approximate surface area is 142 Å². The summed E-state index contributed by atoms with van der Waals surface area (Å²) in [6, 6.07) is 1.94. The molecular weight excluding hydrogens is 340 g/mol. The zero-order chi connectivity index (χ0) is 15.9. The van der Waals surface area contributed by atoms with Crippen molar-refractivity contribution in [3.05, 3.63) is 17.8 Å². The highest BCUT2D eigenvalue weighted by Crippen LogP contribution is 2.41. The van der Waals surface area contributed by atoms with Crippen LogP contribution in [0, 0.1) is 0 Å². The van der Waals surface area contributed by atoms with Crippen LogP contribution in [-0.2, 0) is 11.2 Å². The Balaban J connectivity index is 1.69. The van der Waals surface area contributed by atoms with Gasteiger partial charge in [-0.25, -0.2) is 4.98 Å². The average Bonchev–Trinajstić information content (AvgIpc) is 2.70. The number of anilines is 1. The zero-order valence-corrected chi connectivity index (χ0v) is 15.0. The van der Waals surface area contributed by atoms with Gasteiger partial charge in [-0.05, 0) is 25.8 Å². The fraction of sp³-hybridized carbons (Fsp3) is 0.571. The van der Waals surface area contributed by atoms with Crippen LogP contribution in [0.3, 0.4) is 0 Å². The number of ether oxygens (including phenoxy) is 1. The third-order valence-corrected chi connectivity index (χ3v) is 5.81. The van der Waals surface area contributed by atoms with Gasteiger partial charge in [0.25, 0.3) is 0 Å². The highest BCUT2D eigenvalue weighted by Gasteiger charge is 2.46. The molecule has 1 saturated carbocycles. The Kier molecular flexibility index (Phi) is 4.55. The number of amides is 1. The first kappa shape index (κ1) is 16.3. The maximum atomic E-state index is 12.2. The summed E-state index contributed by atoms with van der Waals surface area (Å²) in [4.78, 5) is 18.4. The number of rotatable bonds is 5. The van der Waals surface area contributed by atoms with Gasteiger partial charge >= 0.3 is 0 Å². The van der Waals surface area contributed by atoms with Crippen molar-refractivity contribution in [1.82, 2.24) is 4.98 Å². The molecule has 2 aliphatic rings. The Morgan fingerprint density at radius 1 is 1.55 bits per heavy atom. The van der Waals surface area contributed by atoms with Crippen molar-refractivity contribution in [2.45, 2.75) is 37.8 Å². The van der Waals surface area contributed by atoms with Gasteiger partial charge < -0.3 is 9.84 Å². The van der Waals surface area contributed by atoms with Crippen molar-refractivity contribution in [3.63, 3.8) is 0 Å². The molecular formula is C14H20N2O3S3. The van der Waals surface area contributed by atoms with E-state index in [2.05, 4.69) is 28.3 Å². The van der Waals surface area contributed by atoms with Crippen molar-refractivity contribution in [3.8, 4) is 5.75 Å². The van der Waals surface area contributed by atoms with Crippen molar-refractivity contribution in [1.29, 1.82) is 0 Å². The maximum absolute atomic E-state index is 12.2. The predicted octanol–water partition coefficient (Wildman–Crippen LogP) is 1.95. The fourth-order valence-electron chi connectivity index (χ4n) is 3.03. The molecule has 0 bridgehead atoms. The molecule has 0 saturated heterocycles. The molecule has 0 spiro atoms. The van der Waals surface area contributed by atoms with Crippen LogP contribution in [0.5, 0.6) is 5.75 Å². The maximum Gasteiger partial charge on any atom is 0.232 e. The van der Waals surface area contributed by atoms with Gasteiger partial charge in [-0.2, -0.15) is 8.96 Å². The van der Waals surface area contributed by atoms with Gasteiger partial charge in [0.05, 0.1) is 24.8 Å². The van der Waals surface area contributed by atoms with Gasteiger partial charge in [-0.3, -0.25) is 9.69 Å². The van der Waals surface area contributed by atoms with Crippen molar-refractivity contribution < 1.29 is 14.6 Å². The minimum absolute atomic E-state index is 0.0504. The first-order chi connectivity index (χ1) is 10.4. The van der Waals surface area contributed by atoms with E-state index in [4.69, 9.17) is 4.74 Å². The molecule has 0 unspecified atom stereocenters. The van der Waals surface area contributed by atoms with Crippen LogP contribution in [0.2, 0.25) is 0 Å². The molecule has 2 heterocycles. The molecule has 22 heavy (non-hydrogen) atoms. The van der Waals surface area contributed by atoms with Crippen molar-refractivity contribution >= 4 is 44.0 Å². The van der Waals surface area contributed by atoms with Gasteiger partial charge in [-0.15, -0.1) is 23.3 Å². The molecule has 0 radical (unpaired) electrons. The molecule has 1 aliphatic heterocycles. The smallest absolute Gasteiger partial charge is 0.232 e. The van der Waals surface area contributed by atoms with E-state index >= 15 is 0 Å². The first-order valence-electron chi connectivity index (χ1n) is 7.17. The summed E-state index contributed by atoms with van der Waals surface area (Å²) in [5.41, 5.74) is 0.238. The number of thiol groups is 3. The minimum atomic E-state index is -0.658. The topological polar surface area (TPSA) is 62.7 Å². The van der Waals surface area contributed by atoms with E-state index in [9.17, 15) is 9.90 Å². The van der Waals surface area contributed by atoms with Crippen LogP contribution in [0.1, 0.15) is 25.3 Å². The molecule has 1 aromatic rings. The van der Waals surface area contributed by atoms with Crippen molar-refractivity contribution in [2.24, 2.45) is 0 Å². The van der Waals surface area contributed by atoms with Crippen LogP contribution >= 0.6 is 32.3 Å². The second-order valence-corrected chi connectivity index (χ2v) is 11.1. The summed E-state index contributed by atoms with van der Waals surface area (Å²) >= 11 is 8.50. The highest BCUT2D eigenvalue weighted by molar-refractivity contribution is 9.09. The number of carbonyl (C=O) groups excluding carboxylic acids is 1. The number of pyridine rings is 1. The monoisotopic (exact) mass is 360 g/mol. The lowest BCUT2D eigenvalue weighted by Crippen LogP contribution is -2.55. The van der Waals surface area contributed by atoms with Crippen molar-refractivity contribution in [2.75, 3.05) is 17.3 Å². The lowest BCUT2D eigenvalue weighted by Gasteiger charge is -2.45. The van der Waals surface area contributed by atoms with Crippen LogP contribution in [0.15, 0.2) is 12.3 Å². The number of aliphatic hydroxyl groups is 1. The molecule has 122 valence electrons. The quantitative estimate of drug-likeness (QED) is 0.479. The second kappa shape index (κ2) is 6.14. The van der Waals surface area contributed by atoms with Gasteiger partial charge in [0.2, 0.25) is 5.91 Å². The lowest BCUT2D eigenvalue weighted by molar-refractivity contribution is -0.119. The summed E-state index contributed by atoms with van der Waals surface area (Å²) in [6.45, 7) is 2.34. The summed E-state index contributed by atoms with van der Waals surface area (Å²) in [7, 11) is -0.571. The highest BCUT2D eigenvalue weighted by atomic mass is 33.5. The Hall–Kier alpha value is -0.570. The first-order valence-corrected chi connectivity index (χ1v) is 11.0. The molecule has 1 fully saturated rings. The standard InChI is InChI=1S/C14H20N2O3S3/c1-14(18)6-10(7-14)16-12(17)5-9-4-11(8-15-13(9)16)19-2-3-22(20)21/h4,8,10,18,20-22H,2-3,5-7H2,1H3/t10-,14-. The van der Waals surface area contributed by atoms with Crippen LogP contribution in [-0.4, -0.2) is 40.0 Å². The van der Waals surface area contributed by atoms with E-state index in [1.165, 1.54) is 0 Å². The molecule has 1 aromatic heterocycles. The van der Waals surface area contributed by atoms with E-state index in [1.807, 2.05) is 6.07 Å². The summed E-state index contributed by atoms with van der Waals surface area (Å²) in [6.07, 6.45) is 3.21. The summed E-state index contributed by atoms with van der Waals surface area (Å²) in [5.74, 6) is 2.23. The number of fused-ring (bicyclic) bond motifs is 1. The summed E-state index contributed by atoms with van der Waals surface area (Å²) in [5, 5.41) is 9.87. The third kappa shape index (κ3) is 3.34. The fourth-order valence-corrected chi connectivity index (χ4v) is 3.78. The SMILES string of the molecule is C[C@]1(O)C[C@H](N2C(=O)Cc3cc(OCC[SH](S)S)cnc32)C1. The number of aromatic nitrogens is 1. The van der Waals surface area contributed by atoms with E-state index < -0.39 is 14.6 Å². The van der Waals surface area contributed by atoms with E-state index in [1.54, 1.807) is 18.0 Å². The molecule has 5 nitrogen and oxygen atoms in total. The Morgan fingerprint density at radius 2 is 2.27 bits per heavy atom. The van der Waals surface area contributed by atoms with Crippen LogP contribution < -0.4 is 9.64 Å². The lowest BCUT2D eigenvalue weighted by atomic mass is 9.76. The molecule has 1 amide bonds. The number of nitrogens with zero attached hydrogens (tertiary/aromatic N) is 2. The number of hydrogen-bond donors (Lipinski definition) is 4. The third-order valence-electron chi connectivity index (χ3n) is 4.03. The van der Waals surface area contributed by atoms with Gasteiger partial charge in [-0.1, -0.05) is 0 Å². The normalized spacial score (nSPS) is 27.5. The zero-order valence-electron chi connectivity index (χ0n) is 12.3. The second-order valence-electron chi connectivity index (χ2n) is 6.10. The molecule has 8 heteroatoms. The van der Waals surface area contributed by atoms with E-state index in [0.717, 1.165) is 11.3 Å². The van der Waals surface area contributed by atoms with E-state index in [0.29, 0.717) is 37.4 Å². The largest absolute Gasteiger partial charge is 0.491 e. The molecule has 3 rings (SSSR count). The predicted molar refractivity (Wildman–Crippen MR) is 96.4 cm³/mol. The van der Waals surface area contributed by atoms with Crippen LogP contribution in [0.4, 0.5) is 5.82 Å². The molecule has 1 aliphatic carbocycles. The molecule has 0 aromatic carbocycles. The Bertz CT molecular complexity index is 587. The minimum Gasteiger partial charge on any atom is -0.491 e. The Morgan fingerprint density at radius 3 is 2.91 bits per heavy atom. The molecule has 0 atom stereocenters.